The van der Waals surface area contributed by atoms with Crippen LogP contribution in [0.5, 0.6) is 11.5 Å². The van der Waals surface area contributed by atoms with E-state index in [2.05, 4.69) is 21.2 Å². The smallest absolute Gasteiger partial charge is 0.264 e. The molecule has 0 aliphatic carbocycles. The number of halogens is 1. The van der Waals surface area contributed by atoms with Gasteiger partial charge in [-0.05, 0) is 84.2 Å². The molecule has 0 aliphatic rings. The van der Waals surface area contributed by atoms with Gasteiger partial charge >= 0.3 is 0 Å². The Morgan fingerprint density at radius 2 is 1.71 bits per heavy atom. The first kappa shape index (κ1) is 32.0. The number of methoxy groups -OCH3 is 2. The van der Waals surface area contributed by atoms with Crippen molar-refractivity contribution in [3.63, 3.8) is 0 Å². The van der Waals surface area contributed by atoms with Gasteiger partial charge < -0.3 is 19.7 Å². The van der Waals surface area contributed by atoms with Gasteiger partial charge in [-0.2, -0.15) is 0 Å². The lowest BCUT2D eigenvalue weighted by atomic mass is 10.1. The van der Waals surface area contributed by atoms with Crippen LogP contribution < -0.4 is 19.1 Å². The zero-order valence-corrected chi connectivity index (χ0v) is 26.3. The van der Waals surface area contributed by atoms with Crippen LogP contribution in [0.3, 0.4) is 0 Å². The van der Waals surface area contributed by atoms with Gasteiger partial charge in [-0.25, -0.2) is 8.42 Å². The number of benzene rings is 3. The largest absolute Gasteiger partial charge is 0.497 e. The average molecular weight is 647 g/mol. The Hall–Kier alpha value is -3.57. The predicted octanol–water partition coefficient (Wildman–Crippen LogP) is 4.91. The molecule has 0 heterocycles. The van der Waals surface area contributed by atoms with Crippen molar-refractivity contribution in [2.45, 2.75) is 44.7 Å². The van der Waals surface area contributed by atoms with E-state index in [1.165, 1.54) is 24.1 Å². The van der Waals surface area contributed by atoms with Gasteiger partial charge in [0.2, 0.25) is 11.8 Å². The van der Waals surface area contributed by atoms with Crippen LogP contribution in [0.4, 0.5) is 5.69 Å². The van der Waals surface area contributed by atoms with Crippen molar-refractivity contribution in [1.82, 2.24) is 10.2 Å². The minimum absolute atomic E-state index is 0.0216. The second kappa shape index (κ2) is 14.4. The molecule has 11 heteroatoms. The highest BCUT2D eigenvalue weighted by Gasteiger charge is 2.33. The maximum atomic E-state index is 14.0. The molecular weight excluding hydrogens is 610 g/mol. The molecule has 3 aromatic rings. The van der Waals surface area contributed by atoms with E-state index in [0.29, 0.717) is 28.2 Å². The Morgan fingerprint density at radius 3 is 2.32 bits per heavy atom. The minimum atomic E-state index is -4.21. The summed E-state index contributed by atoms with van der Waals surface area (Å²) in [6.45, 7) is 5.47. The van der Waals surface area contributed by atoms with E-state index >= 15 is 0 Å². The number of hydrogen-bond donors (Lipinski definition) is 1. The van der Waals surface area contributed by atoms with Crippen molar-refractivity contribution in [2.24, 2.45) is 0 Å². The summed E-state index contributed by atoms with van der Waals surface area (Å²) in [4.78, 5) is 28.4. The molecule has 0 aromatic heterocycles. The summed E-state index contributed by atoms with van der Waals surface area (Å²) in [5.41, 5.74) is 1.99. The number of rotatable bonds is 13. The number of anilines is 1. The molecule has 0 spiro atoms. The summed E-state index contributed by atoms with van der Waals surface area (Å²) in [6.07, 6.45) is 0.735. The summed E-state index contributed by atoms with van der Waals surface area (Å²) in [6, 6.07) is 17.6. The van der Waals surface area contributed by atoms with Gasteiger partial charge in [-0.1, -0.05) is 36.8 Å². The number of sulfonamides is 1. The fourth-order valence-electron chi connectivity index (χ4n) is 4.12. The van der Waals surface area contributed by atoms with Gasteiger partial charge in [0, 0.05) is 13.1 Å². The van der Waals surface area contributed by atoms with Crippen LogP contribution in [0.15, 0.2) is 76.1 Å². The first-order chi connectivity index (χ1) is 19.5. The first-order valence-corrected chi connectivity index (χ1v) is 15.4. The summed E-state index contributed by atoms with van der Waals surface area (Å²) < 4.78 is 40.1. The Bertz CT molecular complexity index is 1460. The van der Waals surface area contributed by atoms with Crippen LogP contribution in [0.1, 0.15) is 31.4 Å². The number of nitrogens with zero attached hydrogens (tertiary/aromatic N) is 2. The SMILES string of the molecule is CCCNC(=O)C(C)N(Cc1cccc(OC)c1)C(=O)CN(c1ccc(C)cc1)S(=O)(=O)c1ccc(OC)c(Br)c1. The molecule has 0 aliphatic heterocycles. The summed E-state index contributed by atoms with van der Waals surface area (Å²) in [5.74, 6) is 0.209. The zero-order valence-electron chi connectivity index (χ0n) is 23.9. The topological polar surface area (TPSA) is 105 Å². The molecule has 3 aromatic carbocycles. The van der Waals surface area contributed by atoms with E-state index in [1.807, 2.05) is 19.9 Å². The number of nitrogens with one attached hydrogen (secondary N) is 1. The molecule has 2 amide bonds. The average Bonchev–Trinajstić information content (AvgIpc) is 2.97. The molecule has 3 rings (SSSR count). The van der Waals surface area contributed by atoms with Gasteiger partial charge in [0.25, 0.3) is 10.0 Å². The van der Waals surface area contributed by atoms with E-state index in [0.717, 1.165) is 21.9 Å². The number of hydrogen-bond acceptors (Lipinski definition) is 6. The quantitative estimate of drug-likeness (QED) is 0.283. The maximum Gasteiger partial charge on any atom is 0.264 e. The lowest BCUT2D eigenvalue weighted by molar-refractivity contribution is -0.139. The molecule has 0 saturated carbocycles. The third-order valence-electron chi connectivity index (χ3n) is 6.52. The third kappa shape index (κ3) is 8.01. The van der Waals surface area contributed by atoms with Gasteiger partial charge in [-0.15, -0.1) is 0 Å². The second-order valence-electron chi connectivity index (χ2n) is 9.48. The molecular formula is C30H36BrN3O6S. The van der Waals surface area contributed by atoms with Crippen molar-refractivity contribution in [1.29, 1.82) is 0 Å². The zero-order chi connectivity index (χ0) is 30.2. The van der Waals surface area contributed by atoms with E-state index < -0.39 is 28.5 Å². The standard InChI is InChI=1S/C30H36BrN3O6S/c1-6-16-32-30(36)22(3)33(19-23-8-7-9-25(17-23)39-4)29(35)20-34(24-12-10-21(2)11-13-24)41(37,38)26-14-15-28(40-5)27(31)18-26/h7-15,17-18,22H,6,16,19-20H2,1-5H3,(H,32,36). The van der Waals surface area contributed by atoms with Crippen LogP contribution in [0.2, 0.25) is 0 Å². The molecule has 1 unspecified atom stereocenters. The molecule has 1 atom stereocenters. The van der Waals surface area contributed by atoms with Crippen molar-refractivity contribution in [2.75, 3.05) is 31.6 Å². The van der Waals surface area contributed by atoms with Gasteiger partial charge in [-0.3, -0.25) is 13.9 Å². The predicted molar refractivity (Wildman–Crippen MR) is 163 cm³/mol. The maximum absolute atomic E-state index is 14.0. The number of amides is 2. The van der Waals surface area contributed by atoms with Crippen LogP contribution in [-0.4, -0.2) is 58.5 Å². The highest BCUT2D eigenvalue weighted by atomic mass is 79.9. The van der Waals surface area contributed by atoms with Gasteiger partial charge in [0.15, 0.2) is 0 Å². The second-order valence-corrected chi connectivity index (χ2v) is 12.2. The van der Waals surface area contributed by atoms with Crippen LogP contribution in [0.25, 0.3) is 0 Å². The van der Waals surface area contributed by atoms with E-state index in [-0.39, 0.29) is 17.3 Å². The molecule has 220 valence electrons. The molecule has 0 saturated heterocycles. The van der Waals surface area contributed by atoms with Crippen molar-refractivity contribution in [3.05, 3.63) is 82.3 Å². The Kier molecular flexibility index (Phi) is 11.2. The third-order valence-corrected chi connectivity index (χ3v) is 8.91. The van der Waals surface area contributed by atoms with Gasteiger partial charge in [0.05, 0.1) is 29.3 Å². The van der Waals surface area contributed by atoms with Crippen LogP contribution in [0, 0.1) is 6.92 Å². The Balaban J connectivity index is 2.04. The molecule has 1 N–H and O–H groups in total. The lowest BCUT2D eigenvalue weighted by Crippen LogP contribution is -2.51. The molecule has 0 radical (unpaired) electrons. The number of carbonyl (C=O) groups excluding carboxylic acids is 2. The number of ether oxygens (including phenoxy) is 2. The summed E-state index contributed by atoms with van der Waals surface area (Å²) in [5, 5.41) is 2.83. The van der Waals surface area contributed by atoms with E-state index in [1.54, 1.807) is 62.6 Å². The summed E-state index contributed by atoms with van der Waals surface area (Å²) >= 11 is 3.36. The fraction of sp³-hybridized carbons (Fsp3) is 0.333. The minimum Gasteiger partial charge on any atom is -0.497 e. The van der Waals surface area contributed by atoms with Crippen molar-refractivity contribution >= 4 is 43.5 Å². The molecule has 41 heavy (non-hydrogen) atoms. The molecule has 0 fully saturated rings. The van der Waals surface area contributed by atoms with E-state index in [9.17, 15) is 18.0 Å². The lowest BCUT2D eigenvalue weighted by Gasteiger charge is -2.32. The fourth-order valence-corrected chi connectivity index (χ4v) is 6.25. The van der Waals surface area contributed by atoms with Crippen molar-refractivity contribution < 1.29 is 27.5 Å². The van der Waals surface area contributed by atoms with Crippen molar-refractivity contribution in [3.8, 4) is 11.5 Å². The van der Waals surface area contributed by atoms with E-state index in [4.69, 9.17) is 9.47 Å². The first-order valence-electron chi connectivity index (χ1n) is 13.1. The number of aryl methyl sites for hydroxylation is 1. The van der Waals surface area contributed by atoms with Crippen LogP contribution >= 0.6 is 15.9 Å². The highest BCUT2D eigenvalue weighted by molar-refractivity contribution is 9.10. The normalized spacial score (nSPS) is 11.9. The monoisotopic (exact) mass is 645 g/mol. The molecule has 0 bridgehead atoms. The van der Waals surface area contributed by atoms with Gasteiger partial charge in [0.1, 0.15) is 24.1 Å². The molecule has 9 nitrogen and oxygen atoms in total. The Morgan fingerprint density at radius 1 is 1.00 bits per heavy atom. The van der Waals surface area contributed by atoms with Crippen LogP contribution in [-0.2, 0) is 26.2 Å². The highest BCUT2D eigenvalue weighted by Crippen LogP contribution is 2.31. The number of carbonyl (C=O) groups is 2. The summed E-state index contributed by atoms with van der Waals surface area (Å²) in [7, 11) is -1.17. The Labute approximate surface area is 250 Å².